The van der Waals surface area contributed by atoms with E-state index in [9.17, 15) is 0 Å². The molecule has 0 bridgehead atoms. The second kappa shape index (κ2) is 11.5. The number of hydrogen-bond donors (Lipinski definition) is 0. The van der Waals surface area contributed by atoms with Crippen molar-refractivity contribution in [3.8, 4) is 22.3 Å². The predicted molar refractivity (Wildman–Crippen MR) is 212 cm³/mol. The Kier molecular flexibility index (Phi) is 6.53. The number of nitrogens with zero attached hydrogens (tertiary/aromatic N) is 1. The highest BCUT2D eigenvalue weighted by Crippen LogP contribution is 2.44. The van der Waals surface area contributed by atoms with Crippen LogP contribution in [-0.4, -0.2) is 0 Å². The SMILES string of the molecule is c1cc(-c2ccc3ccccc3c2)cc(N(c2ccc(-c3cc4ccccc4c4ccccc34)cc2)c2cccc3c2oc2ccccc23)c1. The number of para-hydroxylation sites is 2. The second-order valence-electron chi connectivity index (χ2n) is 12.9. The molecule has 9 aromatic carbocycles. The molecule has 0 unspecified atom stereocenters. The minimum absolute atomic E-state index is 0.870. The predicted octanol–water partition coefficient (Wildman–Crippen LogP) is 13.8. The molecule has 0 radical (unpaired) electrons. The molecule has 0 N–H and O–H groups in total. The Morgan fingerprint density at radius 3 is 1.84 bits per heavy atom. The molecule has 0 atom stereocenters. The van der Waals surface area contributed by atoms with E-state index in [0.29, 0.717) is 0 Å². The average molecular weight is 638 g/mol. The van der Waals surface area contributed by atoms with Crippen LogP contribution < -0.4 is 4.90 Å². The Bertz CT molecular complexity index is 2880. The van der Waals surface area contributed by atoms with Gasteiger partial charge in [0, 0.05) is 22.1 Å². The van der Waals surface area contributed by atoms with Gasteiger partial charge in [0.05, 0.1) is 5.69 Å². The molecule has 1 aromatic heterocycles. The van der Waals surface area contributed by atoms with Crippen molar-refractivity contribution in [2.75, 3.05) is 4.90 Å². The van der Waals surface area contributed by atoms with Gasteiger partial charge in [0.15, 0.2) is 5.58 Å². The molecule has 0 amide bonds. The fraction of sp³-hybridized carbons (Fsp3) is 0. The third-order valence-corrected chi connectivity index (χ3v) is 10.0. The van der Waals surface area contributed by atoms with E-state index in [2.05, 4.69) is 181 Å². The van der Waals surface area contributed by atoms with E-state index in [-0.39, 0.29) is 0 Å². The van der Waals surface area contributed by atoms with Gasteiger partial charge in [-0.15, -0.1) is 0 Å². The number of fused-ring (bicyclic) bond motifs is 7. The minimum Gasteiger partial charge on any atom is -0.454 e. The zero-order valence-electron chi connectivity index (χ0n) is 27.3. The molecular formula is C48H31NO. The highest BCUT2D eigenvalue weighted by Gasteiger charge is 2.20. The molecule has 10 aromatic rings. The van der Waals surface area contributed by atoms with Crippen LogP contribution in [0.2, 0.25) is 0 Å². The monoisotopic (exact) mass is 637 g/mol. The Balaban J connectivity index is 1.15. The van der Waals surface area contributed by atoms with Gasteiger partial charge in [-0.2, -0.15) is 0 Å². The molecule has 2 nitrogen and oxygen atoms in total. The minimum atomic E-state index is 0.870. The summed E-state index contributed by atoms with van der Waals surface area (Å²) < 4.78 is 6.61. The van der Waals surface area contributed by atoms with Crippen molar-refractivity contribution in [2.24, 2.45) is 0 Å². The number of rotatable bonds is 5. The summed E-state index contributed by atoms with van der Waals surface area (Å²) in [5.74, 6) is 0. The lowest BCUT2D eigenvalue weighted by Gasteiger charge is -2.26. The van der Waals surface area contributed by atoms with Crippen molar-refractivity contribution >= 4 is 71.3 Å². The lowest BCUT2D eigenvalue weighted by molar-refractivity contribution is 0.669. The molecule has 0 saturated heterocycles. The lowest BCUT2D eigenvalue weighted by atomic mass is 9.93. The first kappa shape index (κ1) is 28.4. The maximum absolute atomic E-state index is 6.61. The summed E-state index contributed by atoms with van der Waals surface area (Å²) in [6, 6.07) is 67.5. The smallest absolute Gasteiger partial charge is 0.159 e. The van der Waals surface area contributed by atoms with Crippen molar-refractivity contribution in [1.82, 2.24) is 0 Å². The van der Waals surface area contributed by atoms with Gasteiger partial charge in [-0.05, 0) is 103 Å². The molecule has 0 saturated carbocycles. The summed E-state index contributed by atoms with van der Waals surface area (Å²) in [4.78, 5) is 2.33. The zero-order chi connectivity index (χ0) is 33.0. The molecule has 10 rings (SSSR count). The van der Waals surface area contributed by atoms with Crippen LogP contribution in [0.1, 0.15) is 0 Å². The molecule has 50 heavy (non-hydrogen) atoms. The Labute approximate surface area is 290 Å². The van der Waals surface area contributed by atoms with Crippen molar-refractivity contribution in [1.29, 1.82) is 0 Å². The van der Waals surface area contributed by atoms with E-state index < -0.39 is 0 Å². The maximum Gasteiger partial charge on any atom is 0.159 e. The van der Waals surface area contributed by atoms with E-state index >= 15 is 0 Å². The molecule has 0 aliphatic rings. The number of hydrogen-bond acceptors (Lipinski definition) is 2. The average Bonchev–Trinajstić information content (AvgIpc) is 3.58. The molecule has 0 spiro atoms. The quantitative estimate of drug-likeness (QED) is 0.175. The third-order valence-electron chi connectivity index (χ3n) is 10.0. The summed E-state index contributed by atoms with van der Waals surface area (Å²) in [6.45, 7) is 0. The second-order valence-corrected chi connectivity index (χ2v) is 12.9. The van der Waals surface area contributed by atoms with Crippen LogP contribution in [0, 0.1) is 0 Å². The molecule has 0 fully saturated rings. The largest absolute Gasteiger partial charge is 0.454 e. The normalized spacial score (nSPS) is 11.6. The summed E-state index contributed by atoms with van der Waals surface area (Å²) >= 11 is 0. The van der Waals surface area contributed by atoms with Crippen molar-refractivity contribution < 1.29 is 4.42 Å². The first-order chi connectivity index (χ1) is 24.8. The van der Waals surface area contributed by atoms with Crippen LogP contribution in [0.4, 0.5) is 17.1 Å². The van der Waals surface area contributed by atoms with Gasteiger partial charge >= 0.3 is 0 Å². The van der Waals surface area contributed by atoms with Crippen LogP contribution in [-0.2, 0) is 0 Å². The number of anilines is 3. The molecule has 234 valence electrons. The van der Waals surface area contributed by atoms with E-state index in [1.54, 1.807) is 0 Å². The van der Waals surface area contributed by atoms with Crippen molar-refractivity contribution in [3.63, 3.8) is 0 Å². The third kappa shape index (κ3) is 4.65. The first-order valence-electron chi connectivity index (χ1n) is 17.1. The Hall–Kier alpha value is -6.64. The van der Waals surface area contributed by atoms with Gasteiger partial charge in [0.25, 0.3) is 0 Å². The molecular weight excluding hydrogens is 607 g/mol. The van der Waals surface area contributed by atoms with Gasteiger partial charge in [-0.25, -0.2) is 0 Å². The highest BCUT2D eigenvalue weighted by molar-refractivity contribution is 6.14. The van der Waals surface area contributed by atoms with Crippen molar-refractivity contribution in [2.45, 2.75) is 0 Å². The van der Waals surface area contributed by atoms with Gasteiger partial charge in [-0.3, -0.25) is 0 Å². The fourth-order valence-electron chi connectivity index (χ4n) is 7.61. The lowest BCUT2D eigenvalue weighted by Crippen LogP contribution is -2.10. The van der Waals surface area contributed by atoms with Gasteiger partial charge in [0.2, 0.25) is 0 Å². The number of benzene rings is 9. The maximum atomic E-state index is 6.61. The van der Waals surface area contributed by atoms with Crippen LogP contribution in [0.15, 0.2) is 192 Å². The van der Waals surface area contributed by atoms with E-state index in [0.717, 1.165) is 44.6 Å². The summed E-state index contributed by atoms with van der Waals surface area (Å²) in [7, 11) is 0. The fourth-order valence-corrected chi connectivity index (χ4v) is 7.61. The van der Waals surface area contributed by atoms with Gasteiger partial charge < -0.3 is 9.32 Å². The van der Waals surface area contributed by atoms with E-state index in [4.69, 9.17) is 4.42 Å². The summed E-state index contributed by atoms with van der Waals surface area (Å²) in [5.41, 5.74) is 9.64. The number of furan rings is 1. The Morgan fingerprint density at radius 2 is 0.980 bits per heavy atom. The first-order valence-corrected chi connectivity index (χ1v) is 17.1. The molecule has 1 heterocycles. The molecule has 2 heteroatoms. The highest BCUT2D eigenvalue weighted by atomic mass is 16.3. The zero-order valence-corrected chi connectivity index (χ0v) is 27.3. The van der Waals surface area contributed by atoms with Crippen LogP contribution in [0.5, 0.6) is 0 Å². The summed E-state index contributed by atoms with van der Waals surface area (Å²) in [6.07, 6.45) is 0. The summed E-state index contributed by atoms with van der Waals surface area (Å²) in [5, 5.41) is 9.75. The van der Waals surface area contributed by atoms with Gasteiger partial charge in [0.1, 0.15) is 5.58 Å². The van der Waals surface area contributed by atoms with E-state index in [1.165, 1.54) is 49.0 Å². The van der Waals surface area contributed by atoms with Crippen LogP contribution in [0.3, 0.4) is 0 Å². The molecule has 0 aliphatic heterocycles. The van der Waals surface area contributed by atoms with Crippen molar-refractivity contribution in [3.05, 3.63) is 188 Å². The topological polar surface area (TPSA) is 16.4 Å². The molecule has 0 aliphatic carbocycles. The van der Waals surface area contributed by atoms with Gasteiger partial charge in [-0.1, -0.05) is 140 Å². The Morgan fingerprint density at radius 1 is 0.340 bits per heavy atom. The van der Waals surface area contributed by atoms with Crippen LogP contribution >= 0.6 is 0 Å². The van der Waals surface area contributed by atoms with Crippen LogP contribution in [0.25, 0.3) is 76.5 Å². The van der Waals surface area contributed by atoms with E-state index in [1.807, 2.05) is 12.1 Å². The standard InChI is InChI=1S/C48H31NO/c1-2-12-34-29-36(24-23-32(34)11-1)35-14-9-15-39(30-35)49(46-21-10-20-44-43-19-7-8-22-47(43)50-48(44)46)38-27-25-33(26-28-38)45-31-37-13-3-4-16-40(37)41-17-5-6-18-42(41)45/h1-31H.